The molecule has 18 heavy (non-hydrogen) atoms. The summed E-state index contributed by atoms with van der Waals surface area (Å²) < 4.78 is 5.34. The summed E-state index contributed by atoms with van der Waals surface area (Å²) in [6, 6.07) is 0. The van der Waals surface area contributed by atoms with Gasteiger partial charge in [0.15, 0.2) is 0 Å². The molecule has 0 amide bonds. The second-order valence-electron chi connectivity index (χ2n) is 6.20. The van der Waals surface area contributed by atoms with E-state index in [1.807, 2.05) is 0 Å². The first-order valence-corrected chi connectivity index (χ1v) is 7.52. The van der Waals surface area contributed by atoms with E-state index in [4.69, 9.17) is 4.74 Å². The molecule has 2 aliphatic rings. The summed E-state index contributed by atoms with van der Waals surface area (Å²) in [4.78, 5) is 11.2. The monoisotopic (exact) mass is 250 g/mol. The maximum Gasteiger partial charge on any atom is 0.330 e. The minimum Gasteiger partial charge on any atom is -0.459 e. The zero-order chi connectivity index (χ0) is 13.0. The summed E-state index contributed by atoms with van der Waals surface area (Å²) in [5.74, 6) is 2.50. The molecule has 0 saturated heterocycles. The van der Waals surface area contributed by atoms with Crippen molar-refractivity contribution in [3.05, 3.63) is 12.7 Å². The standard InChI is InChI=1S/C16H26O2/c1-3-16(17)18-15-10-8-14(9-11-15)13-6-4-12(2)5-7-13/h3,12-15H,1,4-11H2,2H3. The largest absolute Gasteiger partial charge is 0.459 e. The molecule has 0 spiro atoms. The number of rotatable bonds is 3. The molecule has 2 fully saturated rings. The molecule has 0 bridgehead atoms. The van der Waals surface area contributed by atoms with Crippen molar-refractivity contribution in [2.75, 3.05) is 0 Å². The van der Waals surface area contributed by atoms with E-state index in [1.165, 1.54) is 44.6 Å². The van der Waals surface area contributed by atoms with Crippen molar-refractivity contribution >= 4 is 5.97 Å². The van der Waals surface area contributed by atoms with E-state index < -0.39 is 0 Å². The SMILES string of the molecule is C=CC(=O)OC1CCC(C2CCC(C)CC2)CC1. The number of ether oxygens (including phenoxy) is 1. The highest BCUT2D eigenvalue weighted by Crippen LogP contribution is 2.40. The molecule has 0 aliphatic heterocycles. The Kier molecular flexibility index (Phi) is 4.85. The van der Waals surface area contributed by atoms with Gasteiger partial charge in [0.25, 0.3) is 0 Å². The lowest BCUT2D eigenvalue weighted by molar-refractivity contribution is -0.145. The second kappa shape index (κ2) is 6.40. The third kappa shape index (κ3) is 3.60. The van der Waals surface area contributed by atoms with Crippen LogP contribution in [0.4, 0.5) is 0 Å². The van der Waals surface area contributed by atoms with Gasteiger partial charge < -0.3 is 4.74 Å². The quantitative estimate of drug-likeness (QED) is 0.557. The highest BCUT2D eigenvalue weighted by atomic mass is 16.5. The van der Waals surface area contributed by atoms with Crippen LogP contribution in [0.5, 0.6) is 0 Å². The van der Waals surface area contributed by atoms with Crippen LogP contribution in [0.15, 0.2) is 12.7 Å². The molecular formula is C16H26O2. The molecule has 2 heteroatoms. The Balaban J connectivity index is 1.73. The van der Waals surface area contributed by atoms with E-state index in [1.54, 1.807) is 0 Å². The summed E-state index contributed by atoms with van der Waals surface area (Å²) in [6.07, 6.45) is 11.7. The summed E-state index contributed by atoms with van der Waals surface area (Å²) in [5, 5.41) is 0. The first-order valence-electron chi connectivity index (χ1n) is 7.52. The van der Waals surface area contributed by atoms with Gasteiger partial charge in [0.2, 0.25) is 0 Å². The van der Waals surface area contributed by atoms with Gasteiger partial charge >= 0.3 is 5.97 Å². The lowest BCUT2D eigenvalue weighted by atomic mass is 9.71. The molecule has 2 aliphatic carbocycles. The van der Waals surface area contributed by atoms with E-state index in [2.05, 4.69) is 13.5 Å². The fraction of sp³-hybridized carbons (Fsp3) is 0.812. The molecule has 0 aromatic heterocycles. The van der Waals surface area contributed by atoms with Gasteiger partial charge in [-0.25, -0.2) is 4.79 Å². The minimum absolute atomic E-state index is 0.147. The molecule has 0 aromatic carbocycles. The van der Waals surface area contributed by atoms with Crippen molar-refractivity contribution in [3.8, 4) is 0 Å². The van der Waals surface area contributed by atoms with E-state index in [0.717, 1.165) is 30.6 Å². The van der Waals surface area contributed by atoms with Crippen LogP contribution in [-0.4, -0.2) is 12.1 Å². The number of carbonyl (C=O) groups excluding carboxylic acids is 1. The Labute approximate surface area is 111 Å². The fourth-order valence-corrected chi connectivity index (χ4v) is 3.65. The van der Waals surface area contributed by atoms with Crippen molar-refractivity contribution in [2.24, 2.45) is 17.8 Å². The average molecular weight is 250 g/mol. The summed E-state index contributed by atoms with van der Waals surface area (Å²) >= 11 is 0. The highest BCUT2D eigenvalue weighted by Gasteiger charge is 2.30. The molecular weight excluding hydrogens is 224 g/mol. The number of esters is 1. The van der Waals surface area contributed by atoms with Crippen molar-refractivity contribution in [2.45, 2.75) is 64.4 Å². The molecule has 0 atom stereocenters. The summed E-state index contributed by atoms with van der Waals surface area (Å²) in [7, 11) is 0. The Hall–Kier alpha value is -0.790. The van der Waals surface area contributed by atoms with Crippen LogP contribution in [0.2, 0.25) is 0 Å². The smallest absolute Gasteiger partial charge is 0.330 e. The first kappa shape index (κ1) is 13.6. The topological polar surface area (TPSA) is 26.3 Å². The Morgan fingerprint density at radius 1 is 1.00 bits per heavy atom. The number of carbonyl (C=O) groups is 1. The van der Waals surface area contributed by atoms with Crippen LogP contribution in [0.3, 0.4) is 0 Å². The van der Waals surface area contributed by atoms with Gasteiger partial charge in [0, 0.05) is 6.08 Å². The van der Waals surface area contributed by atoms with Crippen LogP contribution >= 0.6 is 0 Å². The highest BCUT2D eigenvalue weighted by molar-refractivity contribution is 5.81. The zero-order valence-corrected chi connectivity index (χ0v) is 11.6. The first-order chi connectivity index (χ1) is 8.69. The molecule has 0 N–H and O–H groups in total. The molecule has 2 nitrogen and oxygen atoms in total. The molecule has 0 aromatic rings. The van der Waals surface area contributed by atoms with Crippen LogP contribution in [0.1, 0.15) is 58.3 Å². The van der Waals surface area contributed by atoms with Crippen LogP contribution in [0.25, 0.3) is 0 Å². The zero-order valence-electron chi connectivity index (χ0n) is 11.6. The van der Waals surface area contributed by atoms with Gasteiger partial charge in [-0.15, -0.1) is 0 Å². The van der Waals surface area contributed by atoms with Crippen molar-refractivity contribution < 1.29 is 9.53 Å². The maximum absolute atomic E-state index is 11.2. The van der Waals surface area contributed by atoms with Crippen molar-refractivity contribution in [1.29, 1.82) is 0 Å². The van der Waals surface area contributed by atoms with E-state index in [9.17, 15) is 4.79 Å². The van der Waals surface area contributed by atoms with Gasteiger partial charge in [-0.05, 0) is 56.3 Å². The maximum atomic E-state index is 11.2. The fourth-order valence-electron chi connectivity index (χ4n) is 3.65. The third-order valence-corrected chi connectivity index (χ3v) is 4.90. The Bertz CT molecular complexity index is 281. The number of hydrogen-bond acceptors (Lipinski definition) is 2. The average Bonchev–Trinajstić information content (AvgIpc) is 2.40. The van der Waals surface area contributed by atoms with Gasteiger partial charge in [0.05, 0.1) is 0 Å². The van der Waals surface area contributed by atoms with Crippen molar-refractivity contribution in [3.63, 3.8) is 0 Å². The lowest BCUT2D eigenvalue weighted by Crippen LogP contribution is -2.29. The normalized spacial score (nSPS) is 36.9. The molecule has 2 rings (SSSR count). The summed E-state index contributed by atoms with van der Waals surface area (Å²) in [6.45, 7) is 5.82. The minimum atomic E-state index is -0.259. The molecule has 102 valence electrons. The second-order valence-corrected chi connectivity index (χ2v) is 6.20. The Morgan fingerprint density at radius 2 is 1.50 bits per heavy atom. The molecule has 0 heterocycles. The van der Waals surface area contributed by atoms with E-state index in [0.29, 0.717) is 0 Å². The van der Waals surface area contributed by atoms with Crippen LogP contribution in [0, 0.1) is 17.8 Å². The lowest BCUT2D eigenvalue weighted by Gasteiger charge is -2.36. The predicted octanol–water partition coefficient (Wildman–Crippen LogP) is 4.10. The van der Waals surface area contributed by atoms with E-state index in [-0.39, 0.29) is 12.1 Å². The predicted molar refractivity (Wildman–Crippen MR) is 73.2 cm³/mol. The van der Waals surface area contributed by atoms with Crippen LogP contribution < -0.4 is 0 Å². The van der Waals surface area contributed by atoms with Crippen LogP contribution in [-0.2, 0) is 9.53 Å². The molecule has 0 unspecified atom stereocenters. The van der Waals surface area contributed by atoms with Gasteiger partial charge in [0.1, 0.15) is 6.10 Å². The molecule has 2 saturated carbocycles. The Morgan fingerprint density at radius 3 is 2.00 bits per heavy atom. The van der Waals surface area contributed by atoms with Gasteiger partial charge in [-0.1, -0.05) is 26.3 Å². The summed E-state index contributed by atoms with van der Waals surface area (Å²) in [5.41, 5.74) is 0. The molecule has 0 radical (unpaired) electrons. The third-order valence-electron chi connectivity index (χ3n) is 4.90. The van der Waals surface area contributed by atoms with Crippen molar-refractivity contribution in [1.82, 2.24) is 0 Å². The number of hydrogen-bond donors (Lipinski definition) is 0. The van der Waals surface area contributed by atoms with Gasteiger partial charge in [-0.3, -0.25) is 0 Å². The van der Waals surface area contributed by atoms with Gasteiger partial charge in [-0.2, -0.15) is 0 Å². The van der Waals surface area contributed by atoms with E-state index >= 15 is 0 Å².